The van der Waals surface area contributed by atoms with E-state index in [2.05, 4.69) is 15.3 Å². The molecule has 6 nitrogen and oxygen atoms in total. The summed E-state index contributed by atoms with van der Waals surface area (Å²) in [6, 6.07) is 3.75. The average molecular weight is 318 g/mol. The Balaban J connectivity index is 2.11. The van der Waals surface area contributed by atoms with Gasteiger partial charge in [0.2, 0.25) is 0 Å². The normalized spacial score (nSPS) is 16.6. The highest BCUT2D eigenvalue weighted by atomic mass is 35.5. The highest BCUT2D eigenvalue weighted by molar-refractivity contribution is 6.30. The Morgan fingerprint density at radius 3 is 2.86 bits per heavy atom. The molecule has 1 fully saturated rings. The van der Waals surface area contributed by atoms with Crippen LogP contribution in [-0.2, 0) is 7.05 Å². The molecular formula is C15H16ClN5O. The van der Waals surface area contributed by atoms with Crippen molar-refractivity contribution in [1.82, 2.24) is 24.4 Å². The number of piperidine rings is 1. The quantitative estimate of drug-likeness (QED) is 0.696. The molecule has 0 spiro atoms. The molecule has 3 aromatic rings. The number of nitrogens with zero attached hydrogens (tertiary/aromatic N) is 4. The second-order valence-corrected chi connectivity index (χ2v) is 6.07. The van der Waals surface area contributed by atoms with Crippen molar-refractivity contribution < 1.29 is 0 Å². The molecule has 0 amide bonds. The molecule has 1 N–H and O–H groups in total. The molecule has 1 aliphatic heterocycles. The molecule has 1 saturated heterocycles. The molecular weight excluding hydrogens is 302 g/mol. The summed E-state index contributed by atoms with van der Waals surface area (Å²) < 4.78 is 3.52. The fourth-order valence-corrected chi connectivity index (χ4v) is 3.41. The average Bonchev–Trinajstić information content (AvgIpc) is 2.80. The Labute approximate surface area is 131 Å². The number of rotatable bonds is 1. The maximum absolute atomic E-state index is 12.7. The zero-order chi connectivity index (χ0) is 15.3. The molecule has 0 aliphatic carbocycles. The van der Waals surface area contributed by atoms with Crippen LogP contribution in [0.2, 0.25) is 5.15 Å². The van der Waals surface area contributed by atoms with E-state index in [0.717, 1.165) is 42.5 Å². The van der Waals surface area contributed by atoms with Gasteiger partial charge in [0.05, 0.1) is 22.7 Å². The van der Waals surface area contributed by atoms with Crippen LogP contribution in [0.5, 0.6) is 0 Å². The minimum Gasteiger partial charge on any atom is -0.317 e. The van der Waals surface area contributed by atoms with Crippen molar-refractivity contribution >= 4 is 33.7 Å². The van der Waals surface area contributed by atoms with Gasteiger partial charge in [-0.15, -0.1) is 0 Å². The van der Waals surface area contributed by atoms with Gasteiger partial charge in [0.15, 0.2) is 0 Å². The fraction of sp³-hybridized carbons (Fsp3) is 0.400. The van der Waals surface area contributed by atoms with E-state index < -0.39 is 0 Å². The lowest BCUT2D eigenvalue weighted by Gasteiger charge is -2.24. The van der Waals surface area contributed by atoms with Crippen LogP contribution >= 0.6 is 11.6 Å². The van der Waals surface area contributed by atoms with E-state index in [0.29, 0.717) is 10.7 Å². The van der Waals surface area contributed by atoms with E-state index >= 15 is 0 Å². The van der Waals surface area contributed by atoms with Gasteiger partial charge in [-0.3, -0.25) is 14.1 Å². The number of hydrogen-bond acceptors (Lipinski definition) is 4. The smallest absolute Gasteiger partial charge is 0.317 e. The fourth-order valence-electron chi connectivity index (χ4n) is 3.27. The molecule has 0 saturated carbocycles. The minimum absolute atomic E-state index is 0.0158. The Morgan fingerprint density at radius 2 is 2.09 bits per heavy atom. The summed E-state index contributed by atoms with van der Waals surface area (Å²) in [5, 5.41) is 3.75. The summed E-state index contributed by atoms with van der Waals surface area (Å²) in [6.45, 7) is 1.84. The lowest BCUT2D eigenvalue weighted by atomic mass is 10.1. The second kappa shape index (κ2) is 5.07. The van der Waals surface area contributed by atoms with E-state index in [-0.39, 0.29) is 11.7 Å². The number of pyridine rings is 2. The number of fused-ring (bicyclic) bond motifs is 3. The largest absolute Gasteiger partial charge is 0.329 e. The van der Waals surface area contributed by atoms with E-state index in [1.54, 1.807) is 23.9 Å². The van der Waals surface area contributed by atoms with Crippen molar-refractivity contribution in [3.63, 3.8) is 0 Å². The first kappa shape index (κ1) is 13.7. The summed E-state index contributed by atoms with van der Waals surface area (Å²) in [5.74, 6) is 0. The number of aromatic nitrogens is 4. The van der Waals surface area contributed by atoms with Crippen molar-refractivity contribution in [3.8, 4) is 0 Å². The zero-order valence-electron chi connectivity index (χ0n) is 12.2. The van der Waals surface area contributed by atoms with Crippen LogP contribution in [-0.4, -0.2) is 32.2 Å². The Hall–Kier alpha value is -1.92. The van der Waals surface area contributed by atoms with Crippen molar-refractivity contribution in [3.05, 3.63) is 34.0 Å². The number of imidazole rings is 1. The third kappa shape index (κ3) is 1.94. The van der Waals surface area contributed by atoms with Crippen LogP contribution in [0.4, 0.5) is 0 Å². The second-order valence-electron chi connectivity index (χ2n) is 5.69. The van der Waals surface area contributed by atoms with Crippen LogP contribution in [0.1, 0.15) is 18.9 Å². The van der Waals surface area contributed by atoms with Crippen LogP contribution < -0.4 is 11.0 Å². The number of halogens is 1. The molecule has 4 rings (SSSR count). The maximum atomic E-state index is 12.7. The molecule has 22 heavy (non-hydrogen) atoms. The van der Waals surface area contributed by atoms with E-state index in [9.17, 15) is 4.79 Å². The van der Waals surface area contributed by atoms with Gasteiger partial charge < -0.3 is 5.32 Å². The van der Waals surface area contributed by atoms with Gasteiger partial charge in [0.1, 0.15) is 10.7 Å². The lowest BCUT2D eigenvalue weighted by Crippen LogP contribution is -2.34. The first-order valence-electron chi connectivity index (χ1n) is 7.39. The van der Waals surface area contributed by atoms with Gasteiger partial charge in [0.25, 0.3) is 0 Å². The summed E-state index contributed by atoms with van der Waals surface area (Å²) in [7, 11) is 1.78. The number of nitrogens with one attached hydrogen (secondary N) is 1. The van der Waals surface area contributed by atoms with E-state index in [1.807, 2.05) is 10.6 Å². The van der Waals surface area contributed by atoms with E-state index in [4.69, 9.17) is 11.6 Å². The molecule has 0 aromatic carbocycles. The van der Waals surface area contributed by atoms with Crippen molar-refractivity contribution in [2.24, 2.45) is 7.05 Å². The molecule has 0 atom stereocenters. The Morgan fingerprint density at radius 1 is 1.32 bits per heavy atom. The summed E-state index contributed by atoms with van der Waals surface area (Å²) in [5.41, 5.74) is 3.07. The Kier molecular flexibility index (Phi) is 3.16. The minimum atomic E-state index is -0.0158. The van der Waals surface area contributed by atoms with Crippen LogP contribution in [0.25, 0.3) is 22.1 Å². The van der Waals surface area contributed by atoms with Crippen molar-refractivity contribution in [1.29, 1.82) is 0 Å². The van der Waals surface area contributed by atoms with Gasteiger partial charge in [-0.25, -0.2) is 9.78 Å². The number of hydrogen-bond donors (Lipinski definition) is 1. The van der Waals surface area contributed by atoms with Gasteiger partial charge in [-0.05, 0) is 38.1 Å². The molecule has 0 bridgehead atoms. The van der Waals surface area contributed by atoms with Crippen molar-refractivity contribution in [2.75, 3.05) is 13.1 Å². The SMILES string of the molecule is Cn1c(=O)n(C2CCNCC2)c2c3nc(Cl)ccc3ncc21. The third-order valence-electron chi connectivity index (χ3n) is 4.40. The number of aryl methyl sites for hydroxylation is 1. The lowest BCUT2D eigenvalue weighted by molar-refractivity contribution is 0.366. The highest BCUT2D eigenvalue weighted by Gasteiger charge is 2.23. The van der Waals surface area contributed by atoms with Gasteiger partial charge >= 0.3 is 5.69 Å². The summed E-state index contributed by atoms with van der Waals surface area (Å²) in [6.07, 6.45) is 3.61. The molecule has 7 heteroatoms. The van der Waals surface area contributed by atoms with Gasteiger partial charge in [-0.1, -0.05) is 11.6 Å². The molecule has 1 aliphatic rings. The molecule has 4 heterocycles. The first-order valence-corrected chi connectivity index (χ1v) is 7.77. The topological polar surface area (TPSA) is 64.7 Å². The van der Waals surface area contributed by atoms with Gasteiger partial charge in [0, 0.05) is 13.1 Å². The van der Waals surface area contributed by atoms with Crippen LogP contribution in [0.3, 0.4) is 0 Å². The predicted octanol–water partition coefficient (Wildman–Crippen LogP) is 1.86. The van der Waals surface area contributed by atoms with Crippen LogP contribution in [0.15, 0.2) is 23.1 Å². The van der Waals surface area contributed by atoms with E-state index in [1.165, 1.54) is 0 Å². The zero-order valence-corrected chi connectivity index (χ0v) is 13.0. The van der Waals surface area contributed by atoms with Crippen LogP contribution in [0, 0.1) is 0 Å². The third-order valence-corrected chi connectivity index (χ3v) is 4.61. The first-order chi connectivity index (χ1) is 10.7. The molecule has 0 radical (unpaired) electrons. The molecule has 114 valence electrons. The maximum Gasteiger partial charge on any atom is 0.329 e. The predicted molar refractivity (Wildman–Crippen MR) is 86.4 cm³/mol. The molecule has 0 unspecified atom stereocenters. The molecule has 3 aromatic heterocycles. The summed E-state index contributed by atoms with van der Waals surface area (Å²) in [4.78, 5) is 21.6. The Bertz CT molecular complexity index is 923. The van der Waals surface area contributed by atoms with Gasteiger partial charge in [-0.2, -0.15) is 0 Å². The highest BCUT2D eigenvalue weighted by Crippen LogP contribution is 2.27. The monoisotopic (exact) mass is 317 g/mol. The standard InChI is InChI=1S/C15H16ClN5O/c1-20-11-8-18-10-2-3-12(16)19-13(10)14(11)21(15(20)22)9-4-6-17-7-5-9/h2-3,8-9,17H,4-7H2,1H3. The van der Waals surface area contributed by atoms with Crippen molar-refractivity contribution in [2.45, 2.75) is 18.9 Å². The summed E-state index contributed by atoms with van der Waals surface area (Å²) >= 11 is 6.06.